The van der Waals surface area contributed by atoms with Crippen LogP contribution in [0.1, 0.15) is 6.42 Å². The number of rotatable bonds is 7. The molecule has 0 spiro atoms. The second-order valence-corrected chi connectivity index (χ2v) is 5.26. The Kier molecular flexibility index (Phi) is 11.8. The van der Waals surface area contributed by atoms with Gasteiger partial charge in [-0.1, -0.05) is 6.07 Å². The average molecular weight is 364 g/mol. The first-order valence-electron chi connectivity index (χ1n) is 7.59. The van der Waals surface area contributed by atoms with Crippen LogP contribution in [-0.2, 0) is 4.79 Å². The summed E-state index contributed by atoms with van der Waals surface area (Å²) in [7, 11) is 1.92. The van der Waals surface area contributed by atoms with Crippen molar-refractivity contribution in [1.82, 2.24) is 20.5 Å². The van der Waals surface area contributed by atoms with Crippen molar-refractivity contribution in [2.45, 2.75) is 6.42 Å². The Labute approximate surface area is 150 Å². The monoisotopic (exact) mass is 363 g/mol. The van der Waals surface area contributed by atoms with Gasteiger partial charge in [0.15, 0.2) is 0 Å². The number of carbonyl (C=O) groups is 1. The van der Waals surface area contributed by atoms with Crippen LogP contribution >= 0.6 is 24.8 Å². The van der Waals surface area contributed by atoms with Gasteiger partial charge in [0.05, 0.1) is 6.54 Å². The topological polar surface area (TPSA) is 60.5 Å². The van der Waals surface area contributed by atoms with Crippen molar-refractivity contribution in [1.29, 1.82) is 0 Å². The van der Waals surface area contributed by atoms with Gasteiger partial charge in [0.1, 0.15) is 5.82 Å². The van der Waals surface area contributed by atoms with Gasteiger partial charge in [0.2, 0.25) is 5.91 Å². The third kappa shape index (κ3) is 7.83. The van der Waals surface area contributed by atoms with E-state index in [1.807, 2.05) is 31.4 Å². The van der Waals surface area contributed by atoms with Crippen LogP contribution in [0.15, 0.2) is 24.4 Å². The van der Waals surface area contributed by atoms with Crippen LogP contribution in [0.5, 0.6) is 0 Å². The maximum Gasteiger partial charge on any atom is 0.234 e. The fraction of sp³-hybridized carbons (Fsp3) is 0.600. The molecule has 0 aliphatic carbocycles. The third-order valence-corrected chi connectivity index (χ3v) is 3.64. The Morgan fingerprint density at radius 1 is 1.17 bits per heavy atom. The molecule has 2 N–H and O–H groups in total. The van der Waals surface area contributed by atoms with Crippen LogP contribution < -0.4 is 15.5 Å². The zero-order valence-electron chi connectivity index (χ0n) is 13.5. The molecule has 1 aromatic heterocycles. The number of nitrogens with one attached hydrogen (secondary N) is 2. The van der Waals surface area contributed by atoms with Crippen molar-refractivity contribution in [3.8, 4) is 0 Å². The van der Waals surface area contributed by atoms with Gasteiger partial charge in [-0.05, 0) is 32.1 Å². The summed E-state index contributed by atoms with van der Waals surface area (Å²) in [5.41, 5.74) is 0. The maximum absolute atomic E-state index is 11.8. The molecule has 1 saturated heterocycles. The molecule has 0 saturated carbocycles. The van der Waals surface area contributed by atoms with Gasteiger partial charge in [-0.3, -0.25) is 9.69 Å². The molecule has 0 atom stereocenters. The van der Waals surface area contributed by atoms with Crippen molar-refractivity contribution in [2.75, 3.05) is 57.8 Å². The third-order valence-electron chi connectivity index (χ3n) is 3.64. The normalized spacial score (nSPS) is 14.6. The number of pyridine rings is 1. The molecule has 8 heteroatoms. The molecule has 0 unspecified atom stereocenters. The fourth-order valence-electron chi connectivity index (χ4n) is 2.43. The summed E-state index contributed by atoms with van der Waals surface area (Å²) < 4.78 is 0. The predicted octanol–water partition coefficient (Wildman–Crippen LogP) is 0.773. The first-order valence-corrected chi connectivity index (χ1v) is 7.59. The molecule has 1 aromatic rings. The van der Waals surface area contributed by atoms with E-state index in [2.05, 4.69) is 25.4 Å². The molecule has 0 radical (unpaired) electrons. The molecule has 1 aliphatic heterocycles. The van der Waals surface area contributed by atoms with Crippen LogP contribution in [0.2, 0.25) is 0 Å². The van der Waals surface area contributed by atoms with Crippen LogP contribution in [0.3, 0.4) is 0 Å². The van der Waals surface area contributed by atoms with Crippen molar-refractivity contribution >= 4 is 36.5 Å². The molecular formula is C15H27Cl2N5O. The molecular weight excluding hydrogens is 337 g/mol. The molecule has 0 bridgehead atoms. The highest BCUT2D eigenvalue weighted by molar-refractivity contribution is 5.85. The van der Waals surface area contributed by atoms with Crippen molar-refractivity contribution in [2.24, 2.45) is 0 Å². The Bertz CT molecular complexity index is 427. The number of piperazine rings is 1. The first kappa shape index (κ1) is 21.9. The van der Waals surface area contributed by atoms with Gasteiger partial charge in [-0.25, -0.2) is 4.98 Å². The summed E-state index contributed by atoms with van der Waals surface area (Å²) in [5, 5.41) is 6.03. The van der Waals surface area contributed by atoms with Gasteiger partial charge < -0.3 is 15.5 Å². The second kappa shape index (κ2) is 12.4. The molecule has 2 heterocycles. The summed E-state index contributed by atoms with van der Waals surface area (Å²) >= 11 is 0. The fourth-order valence-corrected chi connectivity index (χ4v) is 2.43. The summed E-state index contributed by atoms with van der Waals surface area (Å²) in [6, 6.07) is 5.97. The summed E-state index contributed by atoms with van der Waals surface area (Å²) in [5.74, 6) is 1.14. The number of carbonyl (C=O) groups excluding carboxylic acids is 1. The molecule has 6 nitrogen and oxygen atoms in total. The Morgan fingerprint density at radius 3 is 2.52 bits per heavy atom. The molecule has 1 fully saturated rings. The van der Waals surface area contributed by atoms with Crippen molar-refractivity contribution in [3.05, 3.63) is 24.4 Å². The highest BCUT2D eigenvalue weighted by Gasteiger charge is 2.19. The minimum Gasteiger partial charge on any atom is -0.355 e. The summed E-state index contributed by atoms with van der Waals surface area (Å²) in [6.07, 6.45) is 2.79. The smallest absolute Gasteiger partial charge is 0.234 e. The van der Waals surface area contributed by atoms with Crippen LogP contribution in [0.4, 0.5) is 5.82 Å². The standard InChI is InChI=1S/C15H25N5O.2ClH/c1-16-6-4-8-18-15(21)13-19-9-11-20(12-10-19)14-5-2-3-7-17-14;;/h2-3,5,7,16H,4,6,8-13H2,1H3,(H,18,21);2*1H. The van der Waals surface area contributed by atoms with Crippen LogP contribution in [-0.4, -0.2) is 68.7 Å². The quantitative estimate of drug-likeness (QED) is 0.700. The van der Waals surface area contributed by atoms with Gasteiger partial charge in [0, 0.05) is 38.9 Å². The first-order chi connectivity index (χ1) is 10.3. The van der Waals surface area contributed by atoms with E-state index in [4.69, 9.17) is 0 Å². The molecule has 23 heavy (non-hydrogen) atoms. The maximum atomic E-state index is 11.8. The van der Waals surface area contributed by atoms with Gasteiger partial charge in [-0.15, -0.1) is 24.8 Å². The zero-order chi connectivity index (χ0) is 14.9. The van der Waals surface area contributed by atoms with Gasteiger partial charge >= 0.3 is 0 Å². The van der Waals surface area contributed by atoms with Crippen LogP contribution in [0, 0.1) is 0 Å². The second-order valence-electron chi connectivity index (χ2n) is 5.26. The van der Waals surface area contributed by atoms with Crippen molar-refractivity contribution in [3.63, 3.8) is 0 Å². The largest absolute Gasteiger partial charge is 0.355 e. The van der Waals surface area contributed by atoms with E-state index in [1.165, 1.54) is 0 Å². The lowest BCUT2D eigenvalue weighted by Gasteiger charge is -2.34. The lowest BCUT2D eigenvalue weighted by Crippen LogP contribution is -2.49. The summed E-state index contributed by atoms with van der Waals surface area (Å²) in [4.78, 5) is 20.7. The van der Waals surface area contributed by atoms with E-state index in [1.54, 1.807) is 0 Å². The molecule has 1 aliphatic rings. The lowest BCUT2D eigenvalue weighted by molar-refractivity contribution is -0.122. The number of aromatic nitrogens is 1. The van der Waals surface area contributed by atoms with E-state index >= 15 is 0 Å². The highest BCUT2D eigenvalue weighted by Crippen LogP contribution is 2.12. The van der Waals surface area contributed by atoms with Crippen LogP contribution in [0.25, 0.3) is 0 Å². The van der Waals surface area contributed by atoms with E-state index in [9.17, 15) is 4.79 Å². The lowest BCUT2D eigenvalue weighted by atomic mass is 10.3. The predicted molar refractivity (Wildman–Crippen MR) is 98.9 cm³/mol. The number of hydrogen-bond donors (Lipinski definition) is 2. The van der Waals surface area contributed by atoms with Gasteiger partial charge in [-0.2, -0.15) is 0 Å². The Balaban J connectivity index is 0.00000242. The van der Waals surface area contributed by atoms with E-state index < -0.39 is 0 Å². The SMILES string of the molecule is CNCCCNC(=O)CN1CCN(c2ccccn2)CC1.Cl.Cl. The average Bonchev–Trinajstić information content (AvgIpc) is 2.53. The number of hydrogen-bond acceptors (Lipinski definition) is 5. The summed E-state index contributed by atoms with van der Waals surface area (Å²) in [6.45, 7) is 5.82. The minimum absolute atomic E-state index is 0. The molecule has 1 amide bonds. The van der Waals surface area contributed by atoms with E-state index in [-0.39, 0.29) is 30.7 Å². The Hall–Kier alpha value is -1.08. The number of nitrogens with zero attached hydrogens (tertiary/aromatic N) is 3. The van der Waals surface area contributed by atoms with E-state index in [0.717, 1.165) is 51.5 Å². The molecule has 0 aromatic carbocycles. The highest BCUT2D eigenvalue weighted by atomic mass is 35.5. The zero-order valence-corrected chi connectivity index (χ0v) is 15.2. The molecule has 2 rings (SSSR count). The van der Waals surface area contributed by atoms with E-state index in [0.29, 0.717) is 6.54 Å². The Morgan fingerprint density at radius 2 is 1.91 bits per heavy atom. The van der Waals surface area contributed by atoms with Gasteiger partial charge in [0.25, 0.3) is 0 Å². The minimum atomic E-state index is 0. The number of halogens is 2. The molecule has 132 valence electrons. The number of anilines is 1. The number of amides is 1. The van der Waals surface area contributed by atoms with Crippen molar-refractivity contribution < 1.29 is 4.79 Å².